The highest BCUT2D eigenvalue weighted by molar-refractivity contribution is 6.32. The first-order chi connectivity index (χ1) is 11.4. The minimum Gasteiger partial charge on any atom is -0.398 e. The van der Waals surface area contributed by atoms with Crippen LogP contribution in [0.2, 0.25) is 0 Å². The second kappa shape index (κ2) is 25.1. The lowest BCUT2D eigenvalue weighted by molar-refractivity contribution is 0.338. The van der Waals surface area contributed by atoms with Gasteiger partial charge in [0.1, 0.15) is 0 Å². The highest BCUT2D eigenvalue weighted by Gasteiger charge is 1.98. The number of nitrogens with zero attached hydrogens (tertiary/aromatic N) is 2. The molecule has 1 heterocycles. The molecule has 1 aromatic heterocycles. The second-order valence-corrected chi connectivity index (χ2v) is 3.40. The monoisotopic (exact) mass is 380 g/mol. The van der Waals surface area contributed by atoms with Gasteiger partial charge in [-0.3, -0.25) is 17.3 Å². The maximum Gasteiger partial charge on any atom is 0.674 e. The summed E-state index contributed by atoms with van der Waals surface area (Å²) < 4.78 is 42.5. The van der Waals surface area contributed by atoms with Gasteiger partial charge in [0.25, 0.3) is 0 Å². The Kier molecular flexibility index (Phi) is 31.8. The van der Waals surface area contributed by atoms with E-state index in [1.807, 2.05) is 18.7 Å². The van der Waals surface area contributed by atoms with Gasteiger partial charge in [-0.2, -0.15) is 0 Å². The standard InChI is InChI=1S/C7H12N2.4BFH2O2/c1-2-3-5-9-6-4-8-7-9;4*2-1(3)4/h4,6-7H,2-3,5H2,1H3;4*3-4H. The second-order valence-electron chi connectivity index (χ2n) is 3.40. The average molecular weight is 379 g/mol. The number of hydrogen-bond acceptors (Lipinski definition) is 9. The molecule has 1 aromatic rings. The lowest BCUT2D eigenvalue weighted by Crippen LogP contribution is -1.98. The average Bonchev–Trinajstić information content (AvgIpc) is 2.86. The van der Waals surface area contributed by atoms with Gasteiger partial charge in [0.05, 0.1) is 6.33 Å². The Bertz CT molecular complexity index is 294. The molecule has 0 amide bonds. The van der Waals surface area contributed by atoms with Crippen molar-refractivity contribution < 1.29 is 57.5 Å². The van der Waals surface area contributed by atoms with Crippen LogP contribution in [0.5, 0.6) is 0 Å². The predicted octanol–water partition coefficient (Wildman–Crippen LogP) is -2.62. The quantitative estimate of drug-likeness (QED) is 0.206. The van der Waals surface area contributed by atoms with Crippen LogP contribution in [-0.4, -0.2) is 79.3 Å². The maximum absolute atomic E-state index is 10.1. The van der Waals surface area contributed by atoms with E-state index < -0.39 is 29.6 Å². The van der Waals surface area contributed by atoms with Crippen molar-refractivity contribution in [3.63, 3.8) is 0 Å². The molecule has 0 unspecified atom stereocenters. The van der Waals surface area contributed by atoms with E-state index in [9.17, 15) is 17.3 Å². The van der Waals surface area contributed by atoms with Crippen molar-refractivity contribution >= 4 is 29.6 Å². The molecule has 0 fully saturated rings. The van der Waals surface area contributed by atoms with Crippen LogP contribution in [0, 0.1) is 0 Å². The van der Waals surface area contributed by atoms with Gasteiger partial charge in [0.2, 0.25) is 0 Å². The van der Waals surface area contributed by atoms with Crippen LogP contribution in [0.25, 0.3) is 0 Å². The maximum atomic E-state index is 10.1. The third-order valence-corrected chi connectivity index (χ3v) is 1.33. The molecule has 8 N–H and O–H groups in total. The number of hydrogen-bond donors (Lipinski definition) is 8. The zero-order valence-corrected chi connectivity index (χ0v) is 13.1. The zero-order valence-electron chi connectivity index (χ0n) is 13.1. The van der Waals surface area contributed by atoms with E-state index in [0.29, 0.717) is 0 Å². The number of aryl methyl sites for hydroxylation is 1. The van der Waals surface area contributed by atoms with Crippen molar-refractivity contribution in [3.05, 3.63) is 18.7 Å². The third-order valence-electron chi connectivity index (χ3n) is 1.33. The Labute approximate surface area is 142 Å². The summed E-state index contributed by atoms with van der Waals surface area (Å²) in [6, 6.07) is 0. The molecule has 0 aromatic carbocycles. The van der Waals surface area contributed by atoms with Crippen molar-refractivity contribution in [3.8, 4) is 0 Å². The molecule has 18 heteroatoms. The number of aromatic nitrogens is 2. The Morgan fingerprint density at radius 3 is 1.32 bits per heavy atom. The molecule has 1 rings (SSSR count). The van der Waals surface area contributed by atoms with E-state index >= 15 is 0 Å². The Balaban J connectivity index is -0.000000119. The normalized spacial score (nSPS) is 7.88. The molecule has 0 saturated heterocycles. The minimum absolute atomic E-state index is 1.11. The molecular weight excluding hydrogens is 359 g/mol. The molecule has 0 spiro atoms. The van der Waals surface area contributed by atoms with E-state index in [2.05, 4.69) is 16.5 Å². The molecule has 0 aliphatic rings. The van der Waals surface area contributed by atoms with E-state index in [-0.39, 0.29) is 0 Å². The Hall–Kier alpha value is -1.13. The smallest absolute Gasteiger partial charge is 0.398 e. The molecule has 0 saturated carbocycles. The highest BCUT2D eigenvalue weighted by atomic mass is 19.1. The fourth-order valence-corrected chi connectivity index (χ4v) is 0.760. The molecule has 0 aliphatic heterocycles. The van der Waals surface area contributed by atoms with Gasteiger partial charge in [-0.15, -0.1) is 0 Å². The molecule has 25 heavy (non-hydrogen) atoms. The van der Waals surface area contributed by atoms with Crippen LogP contribution in [0.1, 0.15) is 19.8 Å². The third kappa shape index (κ3) is 102. The number of halogens is 4. The first-order valence-corrected chi connectivity index (χ1v) is 6.33. The van der Waals surface area contributed by atoms with Gasteiger partial charge < -0.3 is 44.8 Å². The van der Waals surface area contributed by atoms with E-state index in [0.717, 1.165) is 6.54 Å². The van der Waals surface area contributed by atoms with Crippen molar-refractivity contribution in [1.29, 1.82) is 0 Å². The van der Waals surface area contributed by atoms with Crippen molar-refractivity contribution in [2.75, 3.05) is 0 Å². The Morgan fingerprint density at radius 1 is 0.800 bits per heavy atom. The van der Waals surface area contributed by atoms with Crippen molar-refractivity contribution in [2.45, 2.75) is 26.3 Å². The van der Waals surface area contributed by atoms with Gasteiger partial charge in [-0.05, 0) is 6.42 Å². The van der Waals surface area contributed by atoms with Crippen LogP contribution in [0.4, 0.5) is 17.3 Å². The largest absolute Gasteiger partial charge is 0.674 e. The van der Waals surface area contributed by atoms with Crippen LogP contribution in [0.3, 0.4) is 0 Å². The molecule has 0 bridgehead atoms. The summed E-state index contributed by atoms with van der Waals surface area (Å²) in [5.74, 6) is 0. The van der Waals surface area contributed by atoms with E-state index in [1.54, 1.807) is 0 Å². The van der Waals surface area contributed by atoms with Crippen LogP contribution < -0.4 is 0 Å². The lowest BCUT2D eigenvalue weighted by atomic mass is 10.3. The number of unbranched alkanes of at least 4 members (excludes halogenated alkanes) is 1. The van der Waals surface area contributed by atoms with E-state index in [4.69, 9.17) is 40.2 Å². The SMILES string of the molecule is CCCCn1ccnc1.OB(O)F.OB(O)F.OB(O)F.OB(O)F. The van der Waals surface area contributed by atoms with Crippen molar-refractivity contribution in [2.24, 2.45) is 0 Å². The van der Waals surface area contributed by atoms with Crippen LogP contribution in [-0.2, 0) is 6.54 Å². The summed E-state index contributed by atoms with van der Waals surface area (Å²) in [6.07, 6.45) is 8.16. The van der Waals surface area contributed by atoms with Gasteiger partial charge in [0.15, 0.2) is 0 Å². The molecule has 0 radical (unpaired) electrons. The van der Waals surface area contributed by atoms with Crippen LogP contribution in [0.15, 0.2) is 18.7 Å². The summed E-state index contributed by atoms with van der Waals surface area (Å²) in [4.78, 5) is 3.94. The fourth-order valence-electron chi connectivity index (χ4n) is 0.760. The summed E-state index contributed by atoms with van der Waals surface area (Å²) in [7, 11) is -10.7. The highest BCUT2D eigenvalue weighted by Crippen LogP contribution is 1.92. The van der Waals surface area contributed by atoms with Crippen LogP contribution >= 0.6 is 0 Å². The van der Waals surface area contributed by atoms with Crippen molar-refractivity contribution in [1.82, 2.24) is 9.55 Å². The number of rotatable bonds is 3. The summed E-state index contributed by atoms with van der Waals surface area (Å²) in [5.41, 5.74) is 0. The van der Waals surface area contributed by atoms with Gasteiger partial charge in [-0.1, -0.05) is 13.3 Å². The predicted molar refractivity (Wildman–Crippen MR) is 82.3 cm³/mol. The lowest BCUT2D eigenvalue weighted by Gasteiger charge is -1.96. The minimum atomic E-state index is -2.67. The van der Waals surface area contributed by atoms with E-state index in [1.165, 1.54) is 12.8 Å². The fraction of sp³-hybridized carbons (Fsp3) is 0.571. The zero-order chi connectivity index (χ0) is 20.8. The molecule has 0 atom stereocenters. The Morgan fingerprint density at radius 2 is 1.12 bits per heavy atom. The van der Waals surface area contributed by atoms with Gasteiger partial charge in [-0.25, -0.2) is 4.98 Å². The van der Waals surface area contributed by atoms with Gasteiger partial charge in [0, 0.05) is 18.9 Å². The summed E-state index contributed by atoms with van der Waals surface area (Å²) >= 11 is 0. The molecule has 146 valence electrons. The molecule has 10 nitrogen and oxygen atoms in total. The summed E-state index contributed by atoms with van der Waals surface area (Å²) in [6.45, 7) is 3.30. The topological polar surface area (TPSA) is 180 Å². The first kappa shape index (κ1) is 31.6. The summed E-state index contributed by atoms with van der Waals surface area (Å²) in [5, 5.41) is 55.6. The first-order valence-electron chi connectivity index (χ1n) is 6.33. The number of imidazole rings is 1. The van der Waals surface area contributed by atoms with Gasteiger partial charge >= 0.3 is 29.6 Å². The molecule has 0 aliphatic carbocycles. The molecular formula is C7H20B4F4N2O8.